The zero-order valence-electron chi connectivity index (χ0n) is 10.3. The van der Waals surface area contributed by atoms with E-state index in [1.807, 2.05) is 6.33 Å². The maximum atomic E-state index is 8.68. The lowest BCUT2D eigenvalue weighted by atomic mass is 10.2. The lowest BCUT2D eigenvalue weighted by Gasteiger charge is -2.04. The van der Waals surface area contributed by atoms with Crippen molar-refractivity contribution in [1.29, 1.82) is 0 Å². The highest BCUT2D eigenvalue weighted by molar-refractivity contribution is 4.96. The summed E-state index contributed by atoms with van der Waals surface area (Å²) in [4.78, 5) is 4.33. The topological polar surface area (TPSA) is 50.1 Å². The molecule has 0 aliphatic rings. The molecule has 4 nitrogen and oxygen atoms in total. The summed E-state index contributed by atoms with van der Waals surface area (Å²) in [6.07, 6.45) is 5.80. The van der Waals surface area contributed by atoms with Gasteiger partial charge in [0.15, 0.2) is 0 Å². The second-order valence-electron chi connectivity index (χ2n) is 4.56. The number of aromatic nitrogens is 2. The van der Waals surface area contributed by atoms with Crippen LogP contribution in [0.4, 0.5) is 0 Å². The maximum Gasteiger partial charge on any atom is 0.0949 e. The van der Waals surface area contributed by atoms with Crippen molar-refractivity contribution in [3.8, 4) is 0 Å². The Morgan fingerprint density at radius 2 is 2.25 bits per heavy atom. The highest BCUT2D eigenvalue weighted by Gasteiger charge is 1.99. The van der Waals surface area contributed by atoms with Crippen molar-refractivity contribution in [2.24, 2.45) is 5.92 Å². The van der Waals surface area contributed by atoms with E-state index < -0.39 is 0 Å². The Morgan fingerprint density at radius 1 is 1.44 bits per heavy atom. The van der Waals surface area contributed by atoms with Gasteiger partial charge in [-0.1, -0.05) is 13.8 Å². The molecule has 0 amide bonds. The molecule has 1 heterocycles. The lowest BCUT2D eigenvalue weighted by Crippen LogP contribution is -2.19. The molecule has 0 saturated heterocycles. The number of hydrogen-bond donors (Lipinski definition) is 2. The lowest BCUT2D eigenvalue weighted by molar-refractivity contribution is 0.281. The molecule has 1 rings (SSSR count). The molecule has 0 radical (unpaired) electrons. The molecule has 0 aromatic carbocycles. The summed E-state index contributed by atoms with van der Waals surface area (Å²) in [7, 11) is 0. The second kappa shape index (κ2) is 7.41. The highest BCUT2D eigenvalue weighted by atomic mass is 16.2. The number of rotatable bonds is 8. The molecule has 16 heavy (non-hydrogen) atoms. The van der Waals surface area contributed by atoms with Crippen LogP contribution in [0, 0.1) is 5.92 Å². The van der Waals surface area contributed by atoms with E-state index in [9.17, 15) is 0 Å². The van der Waals surface area contributed by atoms with E-state index >= 15 is 0 Å². The quantitative estimate of drug-likeness (QED) is 0.658. The molecule has 0 saturated carbocycles. The molecule has 0 spiro atoms. The number of aliphatic hydroxyl groups excluding tert-OH is 1. The summed E-state index contributed by atoms with van der Waals surface area (Å²) in [6.45, 7) is 7.47. The molecule has 1 aromatic heterocycles. The minimum Gasteiger partial charge on any atom is -0.396 e. The van der Waals surface area contributed by atoms with Crippen LogP contribution in [0.25, 0.3) is 0 Å². The van der Waals surface area contributed by atoms with E-state index in [-0.39, 0.29) is 6.61 Å². The Balaban J connectivity index is 2.22. The maximum absolute atomic E-state index is 8.68. The number of imidazole rings is 1. The fraction of sp³-hybridized carbons (Fsp3) is 0.750. The number of aryl methyl sites for hydroxylation is 1. The monoisotopic (exact) mass is 225 g/mol. The van der Waals surface area contributed by atoms with Gasteiger partial charge in [0.25, 0.3) is 0 Å². The molecule has 0 bridgehead atoms. The van der Waals surface area contributed by atoms with Crippen molar-refractivity contribution in [3.63, 3.8) is 0 Å². The number of unbranched alkanes of at least 4 members (excludes halogenated alkanes) is 1. The third kappa shape index (κ3) is 5.28. The molecule has 0 aliphatic heterocycles. The van der Waals surface area contributed by atoms with Crippen LogP contribution in [-0.2, 0) is 13.1 Å². The molecular formula is C12H23N3O. The molecule has 0 atom stereocenters. The third-order valence-electron chi connectivity index (χ3n) is 2.37. The molecule has 0 fully saturated rings. The minimum atomic E-state index is 0.275. The Morgan fingerprint density at radius 3 is 2.94 bits per heavy atom. The van der Waals surface area contributed by atoms with Gasteiger partial charge in [-0.05, 0) is 25.3 Å². The van der Waals surface area contributed by atoms with Gasteiger partial charge >= 0.3 is 0 Å². The van der Waals surface area contributed by atoms with E-state index in [4.69, 9.17) is 5.11 Å². The van der Waals surface area contributed by atoms with Crippen LogP contribution in [0.2, 0.25) is 0 Å². The van der Waals surface area contributed by atoms with E-state index in [1.165, 1.54) is 0 Å². The van der Waals surface area contributed by atoms with Gasteiger partial charge in [-0.2, -0.15) is 0 Å². The molecule has 2 N–H and O–H groups in total. The molecule has 0 unspecified atom stereocenters. The average molecular weight is 225 g/mol. The summed E-state index contributed by atoms with van der Waals surface area (Å²) in [5, 5.41) is 12.0. The largest absolute Gasteiger partial charge is 0.396 e. The molecular weight excluding hydrogens is 202 g/mol. The molecule has 1 aromatic rings. The first-order valence-corrected chi connectivity index (χ1v) is 6.04. The van der Waals surface area contributed by atoms with Crippen LogP contribution in [0.1, 0.15) is 32.4 Å². The third-order valence-corrected chi connectivity index (χ3v) is 2.37. The fourth-order valence-electron chi connectivity index (χ4n) is 1.52. The van der Waals surface area contributed by atoms with E-state index in [2.05, 4.69) is 34.9 Å². The van der Waals surface area contributed by atoms with Gasteiger partial charge in [0.2, 0.25) is 0 Å². The summed E-state index contributed by atoms with van der Waals surface area (Å²) in [5.74, 6) is 0.673. The second-order valence-corrected chi connectivity index (χ2v) is 4.56. The summed E-state index contributed by atoms with van der Waals surface area (Å²) in [5.41, 5.74) is 1.09. The smallest absolute Gasteiger partial charge is 0.0949 e. The summed E-state index contributed by atoms with van der Waals surface area (Å²) >= 11 is 0. The van der Waals surface area contributed by atoms with Gasteiger partial charge in [-0.15, -0.1) is 0 Å². The van der Waals surface area contributed by atoms with Gasteiger partial charge in [-0.3, -0.25) is 0 Å². The summed E-state index contributed by atoms with van der Waals surface area (Å²) < 4.78 is 2.09. The Bertz CT molecular complexity index is 284. The zero-order chi connectivity index (χ0) is 11.8. The van der Waals surface area contributed by atoms with Crippen molar-refractivity contribution >= 4 is 0 Å². The van der Waals surface area contributed by atoms with Crippen molar-refractivity contribution in [2.75, 3.05) is 13.2 Å². The first-order valence-electron chi connectivity index (χ1n) is 6.04. The standard InChI is InChI=1S/C12H23N3O/c1-11(2)7-13-8-12-9-15(10-14-12)5-3-4-6-16/h9-11,13,16H,3-8H2,1-2H3. The predicted octanol–water partition coefficient (Wildman–Crippen LogP) is 1.40. The van der Waals surface area contributed by atoms with Crippen molar-refractivity contribution in [2.45, 2.75) is 39.8 Å². The molecule has 92 valence electrons. The van der Waals surface area contributed by atoms with Crippen LogP contribution in [0.15, 0.2) is 12.5 Å². The minimum absolute atomic E-state index is 0.275. The Labute approximate surface area is 97.7 Å². The SMILES string of the molecule is CC(C)CNCc1cn(CCCCO)cn1. The van der Waals surface area contributed by atoms with E-state index in [1.54, 1.807) is 0 Å². The molecule has 0 aliphatic carbocycles. The summed E-state index contributed by atoms with van der Waals surface area (Å²) in [6, 6.07) is 0. The number of hydrogen-bond acceptors (Lipinski definition) is 3. The Kier molecular flexibility index (Phi) is 6.11. The normalized spacial score (nSPS) is 11.2. The van der Waals surface area contributed by atoms with Crippen LogP contribution >= 0.6 is 0 Å². The predicted molar refractivity (Wildman–Crippen MR) is 65.1 cm³/mol. The van der Waals surface area contributed by atoms with Crippen LogP contribution in [-0.4, -0.2) is 27.8 Å². The number of nitrogens with one attached hydrogen (secondary N) is 1. The zero-order valence-corrected chi connectivity index (χ0v) is 10.3. The average Bonchev–Trinajstić information content (AvgIpc) is 2.66. The van der Waals surface area contributed by atoms with Gasteiger partial charge in [0.1, 0.15) is 0 Å². The highest BCUT2D eigenvalue weighted by Crippen LogP contribution is 1.99. The first kappa shape index (κ1) is 13.2. The Hall–Kier alpha value is -0.870. The number of nitrogens with zero attached hydrogens (tertiary/aromatic N) is 2. The van der Waals surface area contributed by atoms with Crippen LogP contribution in [0.5, 0.6) is 0 Å². The first-order chi connectivity index (χ1) is 7.72. The van der Waals surface area contributed by atoms with Crippen LogP contribution in [0.3, 0.4) is 0 Å². The van der Waals surface area contributed by atoms with Crippen LogP contribution < -0.4 is 5.32 Å². The van der Waals surface area contributed by atoms with E-state index in [0.717, 1.165) is 38.2 Å². The van der Waals surface area contributed by atoms with Gasteiger partial charge in [0.05, 0.1) is 12.0 Å². The van der Waals surface area contributed by atoms with Crippen molar-refractivity contribution in [1.82, 2.24) is 14.9 Å². The van der Waals surface area contributed by atoms with Crippen molar-refractivity contribution < 1.29 is 5.11 Å². The van der Waals surface area contributed by atoms with Gasteiger partial charge < -0.3 is 15.0 Å². The molecule has 4 heteroatoms. The van der Waals surface area contributed by atoms with Gasteiger partial charge in [-0.25, -0.2) is 4.98 Å². The fourth-order valence-corrected chi connectivity index (χ4v) is 1.52. The number of aliphatic hydroxyl groups is 1. The van der Waals surface area contributed by atoms with Crippen molar-refractivity contribution in [3.05, 3.63) is 18.2 Å². The van der Waals surface area contributed by atoms with Gasteiger partial charge in [0, 0.05) is 25.9 Å². The van der Waals surface area contributed by atoms with E-state index in [0.29, 0.717) is 5.92 Å².